The fourth-order valence-electron chi connectivity index (χ4n) is 2.35. The molecule has 1 aliphatic rings. The van der Waals surface area contributed by atoms with Gasteiger partial charge in [0.1, 0.15) is 23.9 Å². The minimum atomic E-state index is -0.665. The summed E-state index contributed by atoms with van der Waals surface area (Å²) in [6, 6.07) is 4.98. The number of hydrogen-bond donors (Lipinski definition) is 1. The lowest BCUT2D eigenvalue weighted by Gasteiger charge is -2.13. The number of amides is 1. The van der Waals surface area contributed by atoms with Gasteiger partial charge >= 0.3 is 6.09 Å². The molecule has 4 heterocycles. The molecule has 0 saturated carbocycles. The quantitative estimate of drug-likeness (QED) is 0.707. The molecule has 0 unspecified atom stereocenters. The SMILES string of the molecule is O=C(Nc1cc(C2=CC=CCO2)nc2c(Br)cnn12)Oc1cccnc1. The third-order valence-corrected chi connectivity index (χ3v) is 4.03. The molecule has 0 fully saturated rings. The Morgan fingerprint density at radius 3 is 3.08 bits per heavy atom. The number of fused-ring (bicyclic) bond motifs is 1. The van der Waals surface area contributed by atoms with Gasteiger partial charge < -0.3 is 9.47 Å². The fourth-order valence-corrected chi connectivity index (χ4v) is 2.70. The van der Waals surface area contributed by atoms with Crippen molar-refractivity contribution >= 4 is 39.2 Å². The van der Waals surface area contributed by atoms with Gasteiger partial charge in [0, 0.05) is 12.3 Å². The summed E-state index contributed by atoms with van der Waals surface area (Å²) in [4.78, 5) is 20.7. The number of aromatic nitrogens is 4. The van der Waals surface area contributed by atoms with E-state index < -0.39 is 6.09 Å². The minimum absolute atomic E-state index is 0.334. The van der Waals surface area contributed by atoms with Crippen molar-refractivity contribution in [2.45, 2.75) is 0 Å². The van der Waals surface area contributed by atoms with Crippen LogP contribution in [0.15, 0.2) is 59.5 Å². The van der Waals surface area contributed by atoms with Crippen LogP contribution in [0.2, 0.25) is 0 Å². The monoisotopic (exact) mass is 413 g/mol. The van der Waals surface area contributed by atoms with Crippen LogP contribution in [0.4, 0.5) is 10.6 Å². The fraction of sp³-hybridized carbons (Fsp3) is 0.0588. The molecule has 0 atom stereocenters. The molecule has 1 aliphatic heterocycles. The van der Waals surface area contributed by atoms with E-state index in [-0.39, 0.29) is 0 Å². The summed E-state index contributed by atoms with van der Waals surface area (Å²) in [5.74, 6) is 1.33. The van der Waals surface area contributed by atoms with Gasteiger partial charge in [-0.15, -0.1) is 0 Å². The molecule has 9 heteroatoms. The van der Waals surface area contributed by atoms with Crippen LogP contribution in [-0.2, 0) is 4.74 Å². The number of carbonyl (C=O) groups is 1. The number of halogens is 1. The van der Waals surface area contributed by atoms with E-state index in [1.807, 2.05) is 18.2 Å². The van der Waals surface area contributed by atoms with Gasteiger partial charge in [0.05, 0.1) is 16.9 Å². The summed E-state index contributed by atoms with van der Waals surface area (Å²) >= 11 is 3.41. The van der Waals surface area contributed by atoms with Crippen molar-refractivity contribution < 1.29 is 14.3 Å². The van der Waals surface area contributed by atoms with Crippen molar-refractivity contribution in [2.24, 2.45) is 0 Å². The molecular formula is C17H12BrN5O3. The summed E-state index contributed by atoms with van der Waals surface area (Å²) in [5, 5.41) is 6.89. The first-order valence-electron chi connectivity index (χ1n) is 7.64. The molecule has 8 nitrogen and oxygen atoms in total. The lowest BCUT2D eigenvalue weighted by molar-refractivity contribution is 0.215. The van der Waals surface area contributed by atoms with Crippen LogP contribution in [-0.4, -0.2) is 32.3 Å². The molecule has 4 rings (SSSR count). The van der Waals surface area contributed by atoms with Crippen molar-refractivity contribution in [1.29, 1.82) is 0 Å². The highest BCUT2D eigenvalue weighted by molar-refractivity contribution is 9.10. The molecule has 1 amide bonds. The summed E-state index contributed by atoms with van der Waals surface area (Å²) in [6.07, 6.45) is 9.56. The van der Waals surface area contributed by atoms with Crippen molar-refractivity contribution in [3.05, 3.63) is 65.2 Å². The van der Waals surface area contributed by atoms with Crippen molar-refractivity contribution in [3.8, 4) is 5.75 Å². The van der Waals surface area contributed by atoms with E-state index in [0.717, 1.165) is 0 Å². The number of ether oxygens (including phenoxy) is 2. The third-order valence-electron chi connectivity index (χ3n) is 3.48. The molecule has 3 aromatic rings. The lowest BCUT2D eigenvalue weighted by Crippen LogP contribution is -2.19. The molecular weight excluding hydrogens is 402 g/mol. The number of allylic oxidation sites excluding steroid dienone is 2. The molecule has 3 aromatic heterocycles. The largest absolute Gasteiger partial charge is 0.487 e. The van der Waals surface area contributed by atoms with Gasteiger partial charge in [-0.05, 0) is 40.2 Å². The smallest absolute Gasteiger partial charge is 0.418 e. The van der Waals surface area contributed by atoms with E-state index in [1.54, 1.807) is 30.6 Å². The van der Waals surface area contributed by atoms with Crippen LogP contribution in [0, 0.1) is 0 Å². The first-order chi connectivity index (χ1) is 12.7. The van der Waals surface area contributed by atoms with Gasteiger partial charge in [-0.3, -0.25) is 10.3 Å². The van der Waals surface area contributed by atoms with Crippen LogP contribution < -0.4 is 10.1 Å². The van der Waals surface area contributed by atoms with Crippen LogP contribution >= 0.6 is 15.9 Å². The maximum Gasteiger partial charge on any atom is 0.418 e. The topological polar surface area (TPSA) is 90.6 Å². The Bertz CT molecular complexity index is 1030. The molecule has 0 radical (unpaired) electrons. The second kappa shape index (κ2) is 6.96. The van der Waals surface area contributed by atoms with E-state index in [1.165, 1.54) is 10.7 Å². The van der Waals surface area contributed by atoms with Gasteiger partial charge in [-0.2, -0.15) is 9.61 Å². The highest BCUT2D eigenvalue weighted by atomic mass is 79.9. The molecule has 0 saturated heterocycles. The Labute approximate surface area is 156 Å². The van der Waals surface area contributed by atoms with Gasteiger partial charge in [0.2, 0.25) is 0 Å². The van der Waals surface area contributed by atoms with Gasteiger partial charge in [-0.1, -0.05) is 6.08 Å². The second-order valence-electron chi connectivity index (χ2n) is 5.23. The highest BCUT2D eigenvalue weighted by Crippen LogP contribution is 2.25. The first kappa shape index (κ1) is 16.3. The summed E-state index contributed by atoms with van der Waals surface area (Å²) < 4.78 is 13.0. The van der Waals surface area contributed by atoms with Crippen molar-refractivity contribution in [2.75, 3.05) is 11.9 Å². The highest BCUT2D eigenvalue weighted by Gasteiger charge is 2.16. The van der Waals surface area contributed by atoms with Gasteiger partial charge in [0.25, 0.3) is 0 Å². The second-order valence-corrected chi connectivity index (χ2v) is 6.08. The van der Waals surface area contributed by atoms with Crippen molar-refractivity contribution in [3.63, 3.8) is 0 Å². The number of pyridine rings is 1. The zero-order valence-corrected chi connectivity index (χ0v) is 14.9. The van der Waals surface area contributed by atoms with Crippen LogP contribution in [0.25, 0.3) is 11.4 Å². The van der Waals surface area contributed by atoms with Gasteiger partial charge in [-0.25, -0.2) is 9.78 Å². The Hall–Kier alpha value is -3.20. The molecule has 26 heavy (non-hydrogen) atoms. The number of nitrogens with one attached hydrogen (secondary N) is 1. The number of hydrogen-bond acceptors (Lipinski definition) is 6. The summed E-state index contributed by atoms with van der Waals surface area (Å²) in [7, 11) is 0. The minimum Gasteiger partial charge on any atom is -0.487 e. The summed E-state index contributed by atoms with van der Waals surface area (Å²) in [5.41, 5.74) is 1.11. The van der Waals surface area contributed by atoms with E-state index in [2.05, 4.69) is 36.3 Å². The Balaban J connectivity index is 1.68. The average molecular weight is 414 g/mol. The number of nitrogens with zero attached hydrogens (tertiary/aromatic N) is 4. The Morgan fingerprint density at radius 1 is 1.38 bits per heavy atom. The van der Waals surface area contributed by atoms with E-state index in [9.17, 15) is 4.79 Å². The van der Waals surface area contributed by atoms with Crippen molar-refractivity contribution in [1.82, 2.24) is 19.6 Å². The van der Waals surface area contributed by atoms with Crippen LogP contribution in [0.3, 0.4) is 0 Å². The zero-order valence-electron chi connectivity index (χ0n) is 13.3. The molecule has 0 bridgehead atoms. The molecule has 0 spiro atoms. The normalized spacial score (nSPS) is 13.2. The molecule has 130 valence electrons. The predicted octanol–water partition coefficient (Wildman–Crippen LogP) is 3.43. The summed E-state index contributed by atoms with van der Waals surface area (Å²) in [6.45, 7) is 0.463. The van der Waals surface area contributed by atoms with E-state index in [4.69, 9.17) is 9.47 Å². The Kier molecular flexibility index (Phi) is 4.36. The number of rotatable bonds is 3. The van der Waals surface area contributed by atoms with Gasteiger partial charge in [0.15, 0.2) is 11.4 Å². The first-order valence-corrected chi connectivity index (χ1v) is 8.43. The molecule has 1 N–H and O–H groups in total. The van der Waals surface area contributed by atoms with Crippen LogP contribution in [0.1, 0.15) is 5.69 Å². The maximum atomic E-state index is 12.2. The number of anilines is 1. The molecule has 0 aromatic carbocycles. The zero-order chi connectivity index (χ0) is 17.9. The predicted molar refractivity (Wildman–Crippen MR) is 97.6 cm³/mol. The molecule has 0 aliphatic carbocycles. The lowest BCUT2D eigenvalue weighted by atomic mass is 10.2. The number of carbonyl (C=O) groups excluding carboxylic acids is 1. The Morgan fingerprint density at radius 2 is 2.31 bits per heavy atom. The third kappa shape index (κ3) is 3.29. The van der Waals surface area contributed by atoms with Crippen LogP contribution in [0.5, 0.6) is 5.75 Å². The van der Waals surface area contributed by atoms with E-state index in [0.29, 0.717) is 39.7 Å². The standard InChI is InChI=1S/C17H12BrN5O3/c18-12-10-20-23-15(22-17(24)26-11-4-3-6-19-9-11)8-13(21-16(12)23)14-5-1-2-7-25-14/h1-6,8-10H,7H2,(H,22,24). The maximum absolute atomic E-state index is 12.2. The average Bonchev–Trinajstić information content (AvgIpc) is 3.04. The van der Waals surface area contributed by atoms with E-state index >= 15 is 0 Å².